The number of hydrogen-bond acceptors (Lipinski definition) is 4. The summed E-state index contributed by atoms with van der Waals surface area (Å²) in [5, 5.41) is 10.6. The summed E-state index contributed by atoms with van der Waals surface area (Å²) >= 11 is 5.07. The fraction of sp³-hybridized carbons (Fsp3) is 0.250. The first kappa shape index (κ1) is 12.2. The maximum Gasteiger partial charge on any atom is 0.130 e. The van der Waals surface area contributed by atoms with Crippen molar-refractivity contribution >= 4 is 27.3 Å². The van der Waals surface area contributed by atoms with E-state index in [1.54, 1.807) is 11.3 Å². The second-order valence-corrected chi connectivity index (χ2v) is 5.42. The lowest BCUT2D eigenvalue weighted by Crippen LogP contribution is -1.98. The first-order valence-electron chi connectivity index (χ1n) is 5.15. The number of halogens is 1. The monoisotopic (exact) mass is 307 g/mol. The Bertz CT molecular complexity index is 571. The van der Waals surface area contributed by atoms with E-state index in [2.05, 4.69) is 32.0 Å². The molecule has 0 saturated carbocycles. The molecule has 0 unspecified atom stereocenters. The Balaban J connectivity index is 2.35. The van der Waals surface area contributed by atoms with Crippen LogP contribution >= 0.6 is 27.3 Å². The molecule has 2 aromatic rings. The van der Waals surface area contributed by atoms with Gasteiger partial charge in [-0.3, -0.25) is 0 Å². The van der Waals surface area contributed by atoms with Crippen molar-refractivity contribution in [1.29, 1.82) is 5.26 Å². The average Bonchev–Trinajstić information content (AvgIpc) is 2.72. The Morgan fingerprint density at radius 3 is 2.88 bits per heavy atom. The molecule has 17 heavy (non-hydrogen) atoms. The van der Waals surface area contributed by atoms with Crippen molar-refractivity contribution < 1.29 is 0 Å². The SMILES string of the molecule is Cc1cc(-c2cc(Br)cs2)nc(CCC#N)n1. The molecule has 0 N–H and O–H groups in total. The third-order valence-electron chi connectivity index (χ3n) is 2.18. The van der Waals surface area contributed by atoms with Gasteiger partial charge < -0.3 is 0 Å². The molecule has 2 heterocycles. The van der Waals surface area contributed by atoms with E-state index in [0.29, 0.717) is 12.8 Å². The topological polar surface area (TPSA) is 49.6 Å². The summed E-state index contributed by atoms with van der Waals surface area (Å²) in [6.45, 7) is 1.95. The van der Waals surface area contributed by atoms with Crippen molar-refractivity contribution in [3.63, 3.8) is 0 Å². The van der Waals surface area contributed by atoms with E-state index in [1.807, 2.05) is 24.4 Å². The van der Waals surface area contributed by atoms with Gasteiger partial charge in [0.2, 0.25) is 0 Å². The highest BCUT2D eigenvalue weighted by atomic mass is 79.9. The minimum absolute atomic E-state index is 0.455. The van der Waals surface area contributed by atoms with Crippen molar-refractivity contribution in [3.05, 3.63) is 33.5 Å². The predicted octanol–water partition coefficient (Wildman–Crippen LogP) is 3.73. The van der Waals surface area contributed by atoms with Gasteiger partial charge in [0.15, 0.2) is 0 Å². The average molecular weight is 308 g/mol. The Morgan fingerprint density at radius 2 is 2.24 bits per heavy atom. The highest BCUT2D eigenvalue weighted by Gasteiger charge is 2.06. The maximum atomic E-state index is 8.58. The second kappa shape index (κ2) is 5.39. The number of aromatic nitrogens is 2. The van der Waals surface area contributed by atoms with Crippen LogP contribution < -0.4 is 0 Å². The molecule has 2 rings (SSSR count). The fourth-order valence-corrected chi connectivity index (χ4v) is 2.87. The van der Waals surface area contributed by atoms with Crippen molar-refractivity contribution in [1.82, 2.24) is 9.97 Å². The summed E-state index contributed by atoms with van der Waals surface area (Å²) in [6, 6.07) is 6.12. The second-order valence-electron chi connectivity index (χ2n) is 3.60. The Kier molecular flexibility index (Phi) is 3.87. The lowest BCUT2D eigenvalue weighted by atomic mass is 10.2. The Hall–Kier alpha value is -1.25. The number of rotatable bonds is 3. The van der Waals surface area contributed by atoms with Crippen LogP contribution in [0.2, 0.25) is 0 Å². The minimum Gasteiger partial charge on any atom is -0.238 e. The van der Waals surface area contributed by atoms with Gasteiger partial charge in [-0.25, -0.2) is 9.97 Å². The molecule has 86 valence electrons. The number of hydrogen-bond donors (Lipinski definition) is 0. The number of thiophene rings is 1. The van der Waals surface area contributed by atoms with Crippen LogP contribution in [-0.2, 0) is 6.42 Å². The quantitative estimate of drug-likeness (QED) is 0.868. The Morgan fingerprint density at radius 1 is 1.41 bits per heavy atom. The summed E-state index contributed by atoms with van der Waals surface area (Å²) < 4.78 is 1.06. The standard InChI is InChI=1S/C12H10BrN3S/c1-8-5-10(11-6-9(13)7-17-11)16-12(15-8)3-2-4-14/h5-7H,2-3H2,1H3. The summed E-state index contributed by atoms with van der Waals surface area (Å²) in [5.41, 5.74) is 1.87. The van der Waals surface area contributed by atoms with E-state index in [9.17, 15) is 0 Å². The van der Waals surface area contributed by atoms with Crippen LogP contribution in [0.4, 0.5) is 0 Å². The molecule has 5 heteroatoms. The van der Waals surface area contributed by atoms with Crippen LogP contribution in [0.25, 0.3) is 10.6 Å². The molecule has 0 amide bonds. The largest absolute Gasteiger partial charge is 0.238 e. The zero-order valence-electron chi connectivity index (χ0n) is 9.27. The van der Waals surface area contributed by atoms with E-state index in [4.69, 9.17) is 5.26 Å². The third kappa shape index (κ3) is 3.11. The molecule has 0 aliphatic rings. The summed E-state index contributed by atoms with van der Waals surface area (Å²) in [7, 11) is 0. The van der Waals surface area contributed by atoms with Crippen molar-refractivity contribution in [2.75, 3.05) is 0 Å². The van der Waals surface area contributed by atoms with Crippen LogP contribution in [0.1, 0.15) is 17.9 Å². The summed E-state index contributed by atoms with van der Waals surface area (Å²) in [4.78, 5) is 9.93. The van der Waals surface area contributed by atoms with Gasteiger partial charge in [0.1, 0.15) is 5.82 Å². The van der Waals surface area contributed by atoms with Gasteiger partial charge in [0, 0.05) is 28.4 Å². The highest BCUT2D eigenvalue weighted by Crippen LogP contribution is 2.28. The van der Waals surface area contributed by atoms with Crippen molar-refractivity contribution in [3.8, 4) is 16.6 Å². The van der Waals surface area contributed by atoms with Gasteiger partial charge >= 0.3 is 0 Å². The third-order valence-corrected chi connectivity index (χ3v) is 3.89. The molecule has 0 radical (unpaired) electrons. The normalized spacial score (nSPS) is 10.2. The lowest BCUT2D eigenvalue weighted by Gasteiger charge is -2.02. The molecule has 0 spiro atoms. The maximum absolute atomic E-state index is 8.58. The van der Waals surface area contributed by atoms with Crippen LogP contribution in [0.3, 0.4) is 0 Å². The zero-order valence-corrected chi connectivity index (χ0v) is 11.7. The van der Waals surface area contributed by atoms with Gasteiger partial charge in [-0.05, 0) is 35.0 Å². The minimum atomic E-state index is 0.455. The molecule has 2 aromatic heterocycles. The van der Waals surface area contributed by atoms with Gasteiger partial charge in [0.25, 0.3) is 0 Å². The molecule has 0 aliphatic heterocycles. The molecular weight excluding hydrogens is 298 g/mol. The molecule has 0 atom stereocenters. The summed E-state index contributed by atoms with van der Waals surface area (Å²) in [6.07, 6.45) is 1.06. The smallest absolute Gasteiger partial charge is 0.130 e. The molecular formula is C12H10BrN3S. The lowest BCUT2D eigenvalue weighted by molar-refractivity contribution is 0.873. The van der Waals surface area contributed by atoms with E-state index >= 15 is 0 Å². The van der Waals surface area contributed by atoms with Gasteiger partial charge in [-0.1, -0.05) is 0 Å². The first-order chi connectivity index (χ1) is 8.19. The molecule has 0 aliphatic carbocycles. The van der Waals surface area contributed by atoms with Crippen LogP contribution in [0.5, 0.6) is 0 Å². The first-order valence-corrected chi connectivity index (χ1v) is 6.82. The predicted molar refractivity (Wildman–Crippen MR) is 71.7 cm³/mol. The fourth-order valence-electron chi connectivity index (χ4n) is 1.48. The number of nitriles is 1. The van der Waals surface area contributed by atoms with E-state index in [0.717, 1.165) is 26.6 Å². The van der Waals surface area contributed by atoms with Crippen LogP contribution in [0, 0.1) is 18.3 Å². The van der Waals surface area contributed by atoms with Crippen molar-refractivity contribution in [2.45, 2.75) is 19.8 Å². The van der Waals surface area contributed by atoms with Crippen LogP contribution in [0.15, 0.2) is 22.0 Å². The van der Waals surface area contributed by atoms with Crippen molar-refractivity contribution in [2.24, 2.45) is 0 Å². The molecule has 3 nitrogen and oxygen atoms in total. The van der Waals surface area contributed by atoms with Gasteiger partial charge in [-0.2, -0.15) is 5.26 Å². The van der Waals surface area contributed by atoms with E-state index in [-0.39, 0.29) is 0 Å². The van der Waals surface area contributed by atoms with E-state index in [1.165, 1.54) is 0 Å². The highest BCUT2D eigenvalue weighted by molar-refractivity contribution is 9.10. The Labute approximate surface area is 112 Å². The van der Waals surface area contributed by atoms with Gasteiger partial charge in [-0.15, -0.1) is 11.3 Å². The molecule has 0 bridgehead atoms. The number of aryl methyl sites for hydroxylation is 2. The number of nitrogens with zero attached hydrogens (tertiary/aromatic N) is 3. The van der Waals surface area contributed by atoms with E-state index < -0.39 is 0 Å². The molecule has 0 saturated heterocycles. The molecule has 0 fully saturated rings. The van der Waals surface area contributed by atoms with Crippen LogP contribution in [-0.4, -0.2) is 9.97 Å². The zero-order chi connectivity index (χ0) is 12.3. The van der Waals surface area contributed by atoms with Gasteiger partial charge in [0.05, 0.1) is 16.6 Å². The summed E-state index contributed by atoms with van der Waals surface area (Å²) in [5.74, 6) is 0.742. The molecule has 0 aromatic carbocycles.